The number of hydrogen-bond donors (Lipinski definition) is 1. The lowest BCUT2D eigenvalue weighted by Crippen LogP contribution is -2.25. The first-order valence-electron chi connectivity index (χ1n) is 12.1. The van der Waals surface area contributed by atoms with Crippen molar-refractivity contribution in [3.63, 3.8) is 0 Å². The molecule has 4 aromatic carbocycles. The molecule has 5 rings (SSSR count). The van der Waals surface area contributed by atoms with Crippen molar-refractivity contribution in [2.24, 2.45) is 5.10 Å². The van der Waals surface area contributed by atoms with Crippen LogP contribution in [0.25, 0.3) is 10.8 Å². The van der Waals surface area contributed by atoms with E-state index in [4.69, 9.17) is 9.47 Å². The van der Waals surface area contributed by atoms with Gasteiger partial charge in [-0.3, -0.25) is 24.5 Å². The van der Waals surface area contributed by atoms with Crippen molar-refractivity contribution < 1.29 is 28.8 Å². The van der Waals surface area contributed by atoms with Crippen molar-refractivity contribution in [2.45, 2.75) is 20.1 Å². The number of nitrogens with zero attached hydrogens (tertiary/aromatic N) is 3. The Morgan fingerprint density at radius 3 is 2.42 bits per heavy atom. The largest absolute Gasteiger partial charge is 0.446 e. The van der Waals surface area contributed by atoms with Crippen LogP contribution in [0.1, 0.15) is 41.6 Å². The lowest BCUT2D eigenvalue weighted by Gasteiger charge is -2.20. The molecule has 1 aliphatic rings. The number of carbonyl (C=O) groups excluding carboxylic acids is 3. The average molecular weight is 539 g/mol. The van der Waals surface area contributed by atoms with Crippen molar-refractivity contribution >= 4 is 45.8 Å². The van der Waals surface area contributed by atoms with Crippen LogP contribution in [-0.2, 0) is 14.3 Å². The van der Waals surface area contributed by atoms with E-state index in [1.54, 1.807) is 30.3 Å². The van der Waals surface area contributed by atoms with Gasteiger partial charge in [0.05, 0.1) is 10.5 Å². The van der Waals surface area contributed by atoms with Crippen LogP contribution in [0.15, 0.2) is 90.0 Å². The van der Waals surface area contributed by atoms with Crippen LogP contribution < -0.4 is 10.1 Å². The maximum atomic E-state index is 12.6. The van der Waals surface area contributed by atoms with Gasteiger partial charge >= 0.3 is 5.97 Å². The number of carbonyl (C=O) groups is 3. The summed E-state index contributed by atoms with van der Waals surface area (Å²) in [4.78, 5) is 47.4. The van der Waals surface area contributed by atoms with Gasteiger partial charge in [0.15, 0.2) is 0 Å². The van der Waals surface area contributed by atoms with Gasteiger partial charge in [-0.15, -0.1) is 5.10 Å². The minimum atomic E-state index is -0.918. The molecule has 0 aliphatic carbocycles. The third-order valence-electron chi connectivity index (χ3n) is 6.10. The molecular weight excluding hydrogens is 516 g/mol. The van der Waals surface area contributed by atoms with Crippen LogP contribution in [0.5, 0.6) is 5.75 Å². The number of fused-ring (bicyclic) bond motifs is 1. The first-order valence-corrected chi connectivity index (χ1v) is 12.1. The number of esters is 1. The van der Waals surface area contributed by atoms with E-state index in [0.29, 0.717) is 16.8 Å². The minimum absolute atomic E-state index is 0.108. The molecule has 0 radical (unpaired) electrons. The number of non-ortho nitro benzene ring substituents is 1. The van der Waals surface area contributed by atoms with Crippen LogP contribution >= 0.6 is 0 Å². The maximum absolute atomic E-state index is 12.6. The third-order valence-corrected chi connectivity index (χ3v) is 6.10. The van der Waals surface area contributed by atoms with Gasteiger partial charge in [0.2, 0.25) is 18.0 Å². The quantitative estimate of drug-likeness (QED) is 0.155. The van der Waals surface area contributed by atoms with Crippen LogP contribution in [0.3, 0.4) is 0 Å². The van der Waals surface area contributed by atoms with Gasteiger partial charge in [0, 0.05) is 42.8 Å². The normalized spacial score (nSPS) is 14.3. The number of nitrogens with one attached hydrogen (secondary N) is 1. The van der Waals surface area contributed by atoms with Gasteiger partial charge in [-0.05, 0) is 35.0 Å². The van der Waals surface area contributed by atoms with Crippen LogP contribution in [0.2, 0.25) is 0 Å². The molecule has 0 saturated carbocycles. The minimum Gasteiger partial charge on any atom is -0.446 e. The topological polar surface area (TPSA) is 140 Å². The molecule has 0 aromatic heterocycles. The zero-order valence-corrected chi connectivity index (χ0v) is 21.4. The number of rotatable bonds is 6. The Hall–Kier alpha value is -5.58. The number of anilines is 1. The summed E-state index contributed by atoms with van der Waals surface area (Å²) in [5.41, 5.74) is 1.38. The van der Waals surface area contributed by atoms with E-state index < -0.39 is 23.0 Å². The molecule has 40 heavy (non-hydrogen) atoms. The molecular formula is C29H22N4O7. The number of hydrazone groups is 1. The zero-order valence-electron chi connectivity index (χ0n) is 21.4. The van der Waals surface area contributed by atoms with E-state index in [1.165, 1.54) is 43.1 Å². The summed E-state index contributed by atoms with van der Waals surface area (Å²) < 4.78 is 11.6. The van der Waals surface area contributed by atoms with Crippen LogP contribution in [-0.4, -0.2) is 33.6 Å². The predicted molar refractivity (Wildman–Crippen MR) is 146 cm³/mol. The van der Waals surface area contributed by atoms with Gasteiger partial charge in [-0.1, -0.05) is 48.5 Å². The number of nitro benzene ring substituents is 1. The highest BCUT2D eigenvalue weighted by Gasteiger charge is 2.35. The molecule has 1 aliphatic heterocycles. The standard InChI is InChI=1S/C29H22N4O7/c1-17(34)32-29(20-10-13-22(14-11-20)30-27(36)21-7-5-8-23(16-21)33(37)38)40-28(31-32)26-24-9-4-3-6-19(24)12-15-25(26)39-18(2)35/h3-16,29H,1-2H3,(H,30,36)/t29-/m1/s1. The second-order valence-corrected chi connectivity index (χ2v) is 8.88. The monoisotopic (exact) mass is 538 g/mol. The van der Waals surface area contributed by atoms with Crippen molar-refractivity contribution in [2.75, 3.05) is 5.32 Å². The zero-order chi connectivity index (χ0) is 28.4. The Bertz CT molecular complexity index is 1700. The van der Waals surface area contributed by atoms with Gasteiger partial charge in [0.1, 0.15) is 5.75 Å². The van der Waals surface area contributed by atoms with Gasteiger partial charge in [0.25, 0.3) is 11.6 Å². The van der Waals surface area contributed by atoms with Gasteiger partial charge in [-0.2, -0.15) is 5.01 Å². The molecule has 0 unspecified atom stereocenters. The molecule has 0 saturated heterocycles. The van der Waals surface area contributed by atoms with Crippen molar-refractivity contribution in [1.82, 2.24) is 5.01 Å². The SMILES string of the molecule is CC(=O)Oc1ccc2ccccc2c1C1=NN(C(C)=O)[C@@H](c2ccc(NC(=O)c3cccc([N+](=O)[O-])c3)cc2)O1. The van der Waals surface area contributed by atoms with Crippen molar-refractivity contribution in [3.05, 3.63) is 112 Å². The lowest BCUT2D eigenvalue weighted by atomic mass is 10.0. The Kier molecular flexibility index (Phi) is 6.94. The van der Waals surface area contributed by atoms with E-state index in [9.17, 15) is 24.5 Å². The Morgan fingerprint density at radius 2 is 1.73 bits per heavy atom. The Labute approximate surface area is 227 Å². The second kappa shape index (κ2) is 10.7. The highest BCUT2D eigenvalue weighted by Crippen LogP contribution is 2.36. The van der Waals surface area contributed by atoms with E-state index in [0.717, 1.165) is 10.8 Å². The molecule has 4 aromatic rings. The molecule has 0 spiro atoms. The third kappa shape index (κ3) is 5.20. The fourth-order valence-corrected chi connectivity index (χ4v) is 4.29. The van der Waals surface area contributed by atoms with E-state index in [2.05, 4.69) is 10.4 Å². The summed E-state index contributed by atoms with van der Waals surface area (Å²) in [6.45, 7) is 2.65. The van der Waals surface area contributed by atoms with Crippen LogP contribution in [0.4, 0.5) is 11.4 Å². The maximum Gasteiger partial charge on any atom is 0.308 e. The highest BCUT2D eigenvalue weighted by atomic mass is 16.6. The molecule has 1 atom stereocenters. The van der Waals surface area contributed by atoms with E-state index in [1.807, 2.05) is 30.3 Å². The van der Waals surface area contributed by atoms with E-state index in [-0.39, 0.29) is 28.8 Å². The first-order chi connectivity index (χ1) is 19.2. The van der Waals surface area contributed by atoms with Gasteiger partial charge in [-0.25, -0.2) is 0 Å². The van der Waals surface area contributed by atoms with Crippen molar-refractivity contribution in [3.8, 4) is 5.75 Å². The summed E-state index contributed by atoms with van der Waals surface area (Å²) >= 11 is 0. The number of hydrogen-bond acceptors (Lipinski definition) is 8. The summed E-state index contributed by atoms with van der Waals surface area (Å²) in [6, 6.07) is 22.9. The summed E-state index contributed by atoms with van der Waals surface area (Å²) in [5.74, 6) is -1.06. The van der Waals surface area contributed by atoms with Crippen LogP contribution in [0, 0.1) is 10.1 Å². The summed E-state index contributed by atoms with van der Waals surface area (Å²) in [6.07, 6.45) is -0.918. The Morgan fingerprint density at radius 1 is 0.975 bits per heavy atom. The molecule has 0 fully saturated rings. The smallest absolute Gasteiger partial charge is 0.308 e. The molecule has 2 amide bonds. The lowest BCUT2D eigenvalue weighted by molar-refractivity contribution is -0.384. The summed E-state index contributed by atoms with van der Waals surface area (Å²) in [5, 5.41) is 20.9. The fourth-order valence-electron chi connectivity index (χ4n) is 4.29. The second-order valence-electron chi connectivity index (χ2n) is 8.88. The molecule has 0 bridgehead atoms. The predicted octanol–water partition coefficient (Wildman–Crippen LogP) is 5.16. The fraction of sp³-hybridized carbons (Fsp3) is 0.103. The number of ether oxygens (including phenoxy) is 2. The van der Waals surface area contributed by atoms with Crippen molar-refractivity contribution in [1.29, 1.82) is 0 Å². The number of benzene rings is 4. The number of nitro groups is 1. The first kappa shape index (κ1) is 26.0. The Balaban J connectivity index is 1.42. The molecule has 200 valence electrons. The molecule has 11 heteroatoms. The average Bonchev–Trinajstić information content (AvgIpc) is 3.38. The summed E-state index contributed by atoms with van der Waals surface area (Å²) in [7, 11) is 0. The van der Waals surface area contributed by atoms with Gasteiger partial charge < -0.3 is 14.8 Å². The molecule has 11 nitrogen and oxygen atoms in total. The highest BCUT2D eigenvalue weighted by molar-refractivity contribution is 6.10. The number of amides is 2. The molecule has 1 heterocycles. The van der Waals surface area contributed by atoms with E-state index >= 15 is 0 Å². The molecule has 1 N–H and O–H groups in total.